The van der Waals surface area contributed by atoms with Crippen molar-refractivity contribution in [1.82, 2.24) is 15.0 Å². The number of aromatic nitrogens is 2. The summed E-state index contributed by atoms with van der Waals surface area (Å²) in [6.07, 6.45) is 5.78. The van der Waals surface area contributed by atoms with Crippen molar-refractivity contribution >= 4 is 33.7 Å². The average Bonchev–Trinajstić information content (AvgIpc) is 3.12. The second kappa shape index (κ2) is 8.50. The van der Waals surface area contributed by atoms with E-state index >= 15 is 0 Å². The Balaban J connectivity index is 1.54. The SMILES string of the molecule is COc1cc(/C=N/NC(=O)[C@@H](C)n2cnc3sc4c(c3c2=O)CC[C@H](C)C4)ccc1O. The summed E-state index contributed by atoms with van der Waals surface area (Å²) in [7, 11) is 1.45. The maximum absolute atomic E-state index is 13.2. The van der Waals surface area contributed by atoms with Gasteiger partial charge in [0.25, 0.3) is 11.5 Å². The van der Waals surface area contributed by atoms with Crippen molar-refractivity contribution < 1.29 is 14.6 Å². The number of hydrogen-bond donors (Lipinski definition) is 2. The van der Waals surface area contributed by atoms with E-state index in [1.807, 2.05) is 0 Å². The third-order valence-electron chi connectivity index (χ3n) is 5.63. The van der Waals surface area contributed by atoms with E-state index in [1.54, 1.807) is 30.4 Å². The third-order valence-corrected chi connectivity index (χ3v) is 6.79. The van der Waals surface area contributed by atoms with Crippen LogP contribution in [0.4, 0.5) is 0 Å². The highest BCUT2D eigenvalue weighted by Gasteiger charge is 2.25. The van der Waals surface area contributed by atoms with Gasteiger partial charge in [0.05, 0.1) is 25.0 Å². The highest BCUT2D eigenvalue weighted by molar-refractivity contribution is 7.18. The Hall–Kier alpha value is -3.20. The monoisotopic (exact) mass is 440 g/mol. The molecule has 1 amide bonds. The van der Waals surface area contributed by atoms with Crippen LogP contribution in [0.2, 0.25) is 0 Å². The van der Waals surface area contributed by atoms with Crippen LogP contribution in [0.25, 0.3) is 10.2 Å². The molecule has 0 saturated carbocycles. The van der Waals surface area contributed by atoms with Gasteiger partial charge in [0, 0.05) is 4.88 Å². The number of aromatic hydroxyl groups is 1. The number of hydrazone groups is 1. The highest BCUT2D eigenvalue weighted by Crippen LogP contribution is 2.35. The Bertz CT molecular complexity index is 1230. The summed E-state index contributed by atoms with van der Waals surface area (Å²) in [6, 6.07) is 3.94. The lowest BCUT2D eigenvalue weighted by Gasteiger charge is -2.18. The summed E-state index contributed by atoms with van der Waals surface area (Å²) >= 11 is 1.59. The molecule has 9 heteroatoms. The smallest absolute Gasteiger partial charge is 0.263 e. The van der Waals surface area contributed by atoms with Crippen molar-refractivity contribution in [2.45, 2.75) is 39.2 Å². The quantitative estimate of drug-likeness (QED) is 0.469. The Kier molecular flexibility index (Phi) is 5.77. The number of nitrogens with one attached hydrogen (secondary N) is 1. The molecule has 0 fully saturated rings. The lowest BCUT2D eigenvalue weighted by Crippen LogP contribution is -2.34. The van der Waals surface area contributed by atoms with Crippen LogP contribution in [-0.2, 0) is 17.6 Å². The lowest BCUT2D eigenvalue weighted by molar-refractivity contribution is -0.123. The van der Waals surface area contributed by atoms with Crippen molar-refractivity contribution in [3.05, 3.63) is 50.9 Å². The zero-order valence-electron chi connectivity index (χ0n) is 17.6. The van der Waals surface area contributed by atoms with Crippen LogP contribution in [0.1, 0.15) is 42.3 Å². The molecule has 3 aromatic rings. The van der Waals surface area contributed by atoms with Crippen LogP contribution in [0.15, 0.2) is 34.4 Å². The molecule has 8 nitrogen and oxygen atoms in total. The van der Waals surface area contributed by atoms with E-state index in [4.69, 9.17) is 4.74 Å². The van der Waals surface area contributed by atoms with Gasteiger partial charge in [0.1, 0.15) is 10.9 Å². The minimum atomic E-state index is -0.769. The fraction of sp³-hybridized carbons (Fsp3) is 0.364. The van der Waals surface area contributed by atoms with Gasteiger partial charge in [0.2, 0.25) is 0 Å². The minimum Gasteiger partial charge on any atom is -0.504 e. The Morgan fingerprint density at radius 1 is 1.48 bits per heavy atom. The molecule has 1 aliphatic carbocycles. The number of benzene rings is 1. The van der Waals surface area contributed by atoms with Gasteiger partial charge in [-0.3, -0.25) is 14.2 Å². The Labute approximate surface area is 183 Å². The predicted molar refractivity (Wildman–Crippen MR) is 120 cm³/mol. The van der Waals surface area contributed by atoms with Crippen molar-refractivity contribution in [2.24, 2.45) is 11.0 Å². The van der Waals surface area contributed by atoms with Crippen molar-refractivity contribution in [3.63, 3.8) is 0 Å². The van der Waals surface area contributed by atoms with Crippen molar-refractivity contribution in [3.8, 4) is 11.5 Å². The molecule has 1 aliphatic rings. The van der Waals surface area contributed by atoms with E-state index in [1.165, 1.54) is 35.2 Å². The van der Waals surface area contributed by atoms with Crippen LogP contribution >= 0.6 is 11.3 Å². The molecule has 1 aromatic carbocycles. The van der Waals surface area contributed by atoms with Crippen LogP contribution in [-0.4, -0.2) is 33.9 Å². The zero-order valence-corrected chi connectivity index (χ0v) is 18.4. The second-order valence-electron chi connectivity index (χ2n) is 7.83. The topological polar surface area (TPSA) is 106 Å². The number of carbonyl (C=O) groups excluding carboxylic acids is 1. The molecular formula is C22H24N4O4S. The molecule has 2 atom stereocenters. The molecule has 31 heavy (non-hydrogen) atoms. The van der Waals surface area contributed by atoms with Gasteiger partial charge in [-0.05, 0) is 61.4 Å². The molecule has 0 saturated heterocycles. The van der Waals surface area contributed by atoms with Crippen LogP contribution < -0.4 is 15.7 Å². The van der Waals surface area contributed by atoms with Crippen molar-refractivity contribution in [1.29, 1.82) is 0 Å². The van der Waals surface area contributed by atoms with E-state index in [0.29, 0.717) is 22.6 Å². The van der Waals surface area contributed by atoms with E-state index in [9.17, 15) is 14.7 Å². The van der Waals surface area contributed by atoms with Gasteiger partial charge >= 0.3 is 0 Å². The largest absolute Gasteiger partial charge is 0.504 e. The molecular weight excluding hydrogens is 416 g/mol. The molecule has 0 unspecified atom stereocenters. The fourth-order valence-corrected chi connectivity index (χ4v) is 5.13. The molecule has 0 radical (unpaired) electrons. The number of phenolic OH excluding ortho intramolecular Hbond substituents is 1. The number of carbonyl (C=O) groups is 1. The number of amides is 1. The van der Waals surface area contributed by atoms with Crippen LogP contribution in [0, 0.1) is 5.92 Å². The highest BCUT2D eigenvalue weighted by atomic mass is 32.1. The summed E-state index contributed by atoms with van der Waals surface area (Å²) in [6.45, 7) is 3.87. The van der Waals surface area contributed by atoms with Gasteiger partial charge < -0.3 is 9.84 Å². The molecule has 2 aromatic heterocycles. The zero-order chi connectivity index (χ0) is 22.1. The molecule has 162 valence electrons. The number of nitrogens with zero attached hydrogens (tertiary/aromatic N) is 3. The van der Waals surface area contributed by atoms with Gasteiger partial charge in [-0.25, -0.2) is 10.4 Å². The Morgan fingerprint density at radius 3 is 3.06 bits per heavy atom. The normalized spacial score (nSPS) is 16.9. The first-order valence-corrected chi connectivity index (χ1v) is 10.9. The lowest BCUT2D eigenvalue weighted by atomic mass is 9.89. The van der Waals surface area contributed by atoms with E-state index < -0.39 is 11.9 Å². The summed E-state index contributed by atoms with van der Waals surface area (Å²) in [5.41, 5.74) is 4.01. The van der Waals surface area contributed by atoms with Gasteiger partial charge in [-0.15, -0.1) is 11.3 Å². The minimum absolute atomic E-state index is 0.0182. The predicted octanol–water partition coefficient (Wildman–Crippen LogP) is 3.01. The standard InChI is InChI=1S/C22H24N4O4S/c1-12-4-6-15-18(8-12)31-21-19(15)22(29)26(11-23-21)13(2)20(28)25-24-10-14-5-7-16(27)17(9-14)30-3/h5,7,9-13,27H,4,6,8H2,1-3H3,(H,25,28)/b24-10+/t12-,13+/m0/s1. The Morgan fingerprint density at radius 2 is 2.29 bits per heavy atom. The molecule has 0 aliphatic heterocycles. The number of rotatable bonds is 5. The van der Waals surface area contributed by atoms with Gasteiger partial charge in [-0.1, -0.05) is 6.92 Å². The summed E-state index contributed by atoms with van der Waals surface area (Å²) < 4.78 is 6.42. The summed E-state index contributed by atoms with van der Waals surface area (Å²) in [5, 5.41) is 14.2. The van der Waals surface area contributed by atoms with E-state index in [0.717, 1.165) is 29.7 Å². The molecule has 0 bridgehead atoms. The fourth-order valence-electron chi connectivity index (χ4n) is 3.78. The molecule has 2 N–H and O–H groups in total. The maximum Gasteiger partial charge on any atom is 0.263 e. The number of phenols is 1. The second-order valence-corrected chi connectivity index (χ2v) is 8.91. The van der Waals surface area contributed by atoms with E-state index in [2.05, 4.69) is 22.4 Å². The number of methoxy groups -OCH3 is 1. The first kappa shape index (κ1) is 21.0. The van der Waals surface area contributed by atoms with Gasteiger partial charge in [-0.2, -0.15) is 5.10 Å². The van der Waals surface area contributed by atoms with Crippen LogP contribution in [0.5, 0.6) is 11.5 Å². The number of fused-ring (bicyclic) bond motifs is 3. The average molecular weight is 441 g/mol. The van der Waals surface area contributed by atoms with Crippen molar-refractivity contribution in [2.75, 3.05) is 7.11 Å². The number of thiophene rings is 1. The van der Waals surface area contributed by atoms with Crippen LogP contribution in [0.3, 0.4) is 0 Å². The first-order valence-electron chi connectivity index (χ1n) is 10.1. The van der Waals surface area contributed by atoms with Gasteiger partial charge in [0.15, 0.2) is 11.5 Å². The molecule has 0 spiro atoms. The maximum atomic E-state index is 13.2. The van der Waals surface area contributed by atoms with E-state index in [-0.39, 0.29) is 11.3 Å². The number of hydrogen-bond acceptors (Lipinski definition) is 7. The third kappa shape index (κ3) is 4.05. The molecule has 4 rings (SSSR count). The number of aryl methyl sites for hydroxylation is 1. The molecule has 2 heterocycles. The number of ether oxygens (including phenoxy) is 1. The summed E-state index contributed by atoms with van der Waals surface area (Å²) in [5.74, 6) is 0.509. The summed E-state index contributed by atoms with van der Waals surface area (Å²) in [4.78, 5) is 32.2. The first-order chi connectivity index (χ1) is 14.9.